The fourth-order valence-corrected chi connectivity index (χ4v) is 2.62. The van der Waals surface area contributed by atoms with Gasteiger partial charge in [-0.15, -0.1) is 5.10 Å². The fourth-order valence-electron chi connectivity index (χ4n) is 2.25. The van der Waals surface area contributed by atoms with E-state index in [4.69, 9.17) is 0 Å². The van der Waals surface area contributed by atoms with E-state index in [1.165, 1.54) is 11.8 Å². The van der Waals surface area contributed by atoms with E-state index < -0.39 is 0 Å². The van der Waals surface area contributed by atoms with Gasteiger partial charge in [0, 0.05) is 5.22 Å². The molecule has 0 aromatic heterocycles. The normalized spacial score (nSPS) is 21.1. The van der Waals surface area contributed by atoms with Gasteiger partial charge in [0.05, 0.1) is 5.36 Å². The van der Waals surface area contributed by atoms with Crippen LogP contribution in [0.25, 0.3) is 5.70 Å². The zero-order valence-electron chi connectivity index (χ0n) is 10.8. The van der Waals surface area contributed by atoms with Crippen LogP contribution in [0.4, 0.5) is 0 Å². The van der Waals surface area contributed by atoms with E-state index in [1.54, 1.807) is 5.01 Å². The molecule has 1 N–H and O–H groups in total. The van der Waals surface area contributed by atoms with E-state index in [0.29, 0.717) is 10.9 Å². The van der Waals surface area contributed by atoms with E-state index in [2.05, 4.69) is 15.4 Å². The van der Waals surface area contributed by atoms with Crippen molar-refractivity contribution in [2.24, 2.45) is 10.1 Å². The third-order valence-corrected chi connectivity index (χ3v) is 3.72. The highest BCUT2D eigenvalue weighted by Gasteiger charge is 2.32. The molecule has 98 valence electrons. The Morgan fingerprint density at radius 2 is 2.21 bits per heavy atom. The molecule has 0 aliphatic carbocycles. The average molecular weight is 274 g/mol. The molecule has 2 aliphatic heterocycles. The number of fused-ring (bicyclic) bond motifs is 2. The standard InChI is InChI=1S/C13H14N4OS/c1-3-10-14-9-7-5-4-6-8(9)11-12(18)15-13(19-2)16-17(10)11/h4-7,10H,3H2,1-2H3,(H,15,16,18). The van der Waals surface area contributed by atoms with Crippen LogP contribution in [0.2, 0.25) is 0 Å². The van der Waals surface area contributed by atoms with Crippen LogP contribution in [0.15, 0.2) is 34.4 Å². The van der Waals surface area contributed by atoms with E-state index in [9.17, 15) is 4.79 Å². The first kappa shape index (κ1) is 12.2. The summed E-state index contributed by atoms with van der Waals surface area (Å²) in [6.45, 7) is 2.04. The topological polar surface area (TPSA) is 57.1 Å². The molecule has 0 saturated heterocycles. The summed E-state index contributed by atoms with van der Waals surface area (Å²) >= 11 is 1.42. The smallest absolute Gasteiger partial charge is 0.276 e. The Kier molecular flexibility index (Phi) is 3.02. The third-order valence-electron chi connectivity index (χ3n) is 3.15. The van der Waals surface area contributed by atoms with Crippen LogP contribution >= 0.6 is 11.8 Å². The lowest BCUT2D eigenvalue weighted by Crippen LogP contribution is -2.52. The number of hydrogen-bond donors (Lipinski definition) is 1. The number of amides is 1. The van der Waals surface area contributed by atoms with E-state index >= 15 is 0 Å². The summed E-state index contributed by atoms with van der Waals surface area (Å²) in [6.07, 6.45) is 2.58. The molecule has 2 heterocycles. The molecule has 0 saturated carbocycles. The van der Waals surface area contributed by atoms with Crippen LogP contribution in [0.1, 0.15) is 13.3 Å². The second-order valence-corrected chi connectivity index (χ2v) is 5.09. The quantitative estimate of drug-likeness (QED) is 0.797. The van der Waals surface area contributed by atoms with Gasteiger partial charge < -0.3 is 0 Å². The number of para-hydroxylation sites is 1. The van der Waals surface area contributed by atoms with Gasteiger partial charge >= 0.3 is 0 Å². The minimum atomic E-state index is -0.113. The Labute approximate surface area is 115 Å². The molecule has 2 aliphatic rings. The molecule has 1 amide bonds. The highest BCUT2D eigenvalue weighted by Crippen LogP contribution is 2.20. The second kappa shape index (κ2) is 4.70. The Balaban J connectivity index is 2.29. The van der Waals surface area contributed by atoms with Crippen molar-refractivity contribution in [3.05, 3.63) is 34.8 Å². The number of benzene rings is 1. The minimum absolute atomic E-state index is 0.111. The molecule has 1 atom stereocenters. The van der Waals surface area contributed by atoms with Gasteiger partial charge in [-0.05, 0) is 18.7 Å². The summed E-state index contributed by atoms with van der Waals surface area (Å²) in [5.41, 5.74) is 0.593. The van der Waals surface area contributed by atoms with Crippen LogP contribution in [-0.2, 0) is 4.79 Å². The Bertz CT molecular complexity index is 682. The maximum atomic E-state index is 12.3. The summed E-state index contributed by atoms with van der Waals surface area (Å²) in [4.78, 5) is 17.0. The lowest BCUT2D eigenvalue weighted by molar-refractivity contribution is -0.116. The Morgan fingerprint density at radius 1 is 1.42 bits per heavy atom. The molecule has 1 aromatic carbocycles. The lowest BCUT2D eigenvalue weighted by atomic mass is 10.1. The summed E-state index contributed by atoms with van der Waals surface area (Å²) in [7, 11) is 0. The number of nitrogens with zero attached hydrogens (tertiary/aromatic N) is 3. The molecule has 6 heteroatoms. The zero-order valence-corrected chi connectivity index (χ0v) is 11.6. The van der Waals surface area contributed by atoms with Gasteiger partial charge in [0.15, 0.2) is 5.17 Å². The maximum Gasteiger partial charge on any atom is 0.276 e. The second-order valence-electron chi connectivity index (χ2n) is 4.29. The van der Waals surface area contributed by atoms with Crippen molar-refractivity contribution in [3.63, 3.8) is 0 Å². The maximum absolute atomic E-state index is 12.3. The first-order valence-corrected chi connectivity index (χ1v) is 7.37. The molecule has 0 spiro atoms. The van der Waals surface area contributed by atoms with Crippen molar-refractivity contribution in [2.45, 2.75) is 19.5 Å². The predicted octanol–water partition coefficient (Wildman–Crippen LogP) is 0.230. The highest BCUT2D eigenvalue weighted by atomic mass is 32.2. The van der Waals surface area contributed by atoms with Crippen LogP contribution in [0, 0.1) is 0 Å². The summed E-state index contributed by atoms with van der Waals surface area (Å²) in [6, 6.07) is 7.69. The molecule has 5 nitrogen and oxygen atoms in total. The molecule has 1 unspecified atom stereocenters. The molecule has 19 heavy (non-hydrogen) atoms. The van der Waals surface area contributed by atoms with Crippen molar-refractivity contribution < 1.29 is 4.79 Å². The SMILES string of the molecule is CCC1N=c2ccccc2=C2C(=O)NC(SC)=NN21. The molecule has 3 rings (SSSR count). The summed E-state index contributed by atoms with van der Waals surface area (Å²) in [5.74, 6) is -0.111. The number of nitrogens with one attached hydrogen (secondary N) is 1. The van der Waals surface area contributed by atoms with Crippen molar-refractivity contribution in [3.8, 4) is 0 Å². The van der Waals surface area contributed by atoms with E-state index in [-0.39, 0.29) is 12.1 Å². The van der Waals surface area contributed by atoms with Crippen molar-refractivity contribution in [2.75, 3.05) is 6.26 Å². The predicted molar refractivity (Wildman–Crippen MR) is 75.6 cm³/mol. The van der Waals surface area contributed by atoms with Gasteiger partial charge in [-0.25, -0.2) is 5.01 Å². The molecule has 0 radical (unpaired) electrons. The number of hydrogen-bond acceptors (Lipinski definition) is 5. The largest absolute Gasteiger partial charge is 0.298 e. The lowest BCUT2D eigenvalue weighted by Gasteiger charge is -2.33. The Morgan fingerprint density at radius 3 is 2.95 bits per heavy atom. The average Bonchev–Trinajstić information content (AvgIpc) is 2.45. The monoisotopic (exact) mass is 274 g/mol. The minimum Gasteiger partial charge on any atom is -0.298 e. The number of rotatable bonds is 1. The van der Waals surface area contributed by atoms with E-state index in [0.717, 1.165) is 17.0 Å². The van der Waals surface area contributed by atoms with Gasteiger partial charge in [0.25, 0.3) is 5.91 Å². The van der Waals surface area contributed by atoms with Crippen molar-refractivity contribution in [1.82, 2.24) is 10.3 Å². The first-order chi connectivity index (χ1) is 9.24. The Hall–Kier alpha value is -1.82. The van der Waals surface area contributed by atoms with Crippen molar-refractivity contribution in [1.29, 1.82) is 0 Å². The van der Waals surface area contributed by atoms with Gasteiger partial charge in [-0.3, -0.25) is 15.1 Å². The van der Waals surface area contributed by atoms with Crippen molar-refractivity contribution >= 4 is 28.5 Å². The van der Waals surface area contributed by atoms with Gasteiger partial charge in [-0.2, -0.15) is 0 Å². The number of carbonyl (C=O) groups is 1. The highest BCUT2D eigenvalue weighted by molar-refractivity contribution is 8.13. The van der Waals surface area contributed by atoms with Crippen LogP contribution in [0.5, 0.6) is 0 Å². The van der Waals surface area contributed by atoms with Crippen LogP contribution < -0.4 is 15.9 Å². The van der Waals surface area contributed by atoms with Crippen LogP contribution in [0.3, 0.4) is 0 Å². The van der Waals surface area contributed by atoms with E-state index in [1.807, 2.05) is 37.4 Å². The summed E-state index contributed by atoms with van der Waals surface area (Å²) in [5, 5.41) is 11.3. The fraction of sp³-hybridized carbons (Fsp3) is 0.308. The van der Waals surface area contributed by atoms with Gasteiger partial charge in [-0.1, -0.05) is 36.9 Å². The third kappa shape index (κ3) is 1.92. The zero-order chi connectivity index (χ0) is 13.4. The number of hydrazone groups is 1. The molecular weight excluding hydrogens is 260 g/mol. The van der Waals surface area contributed by atoms with Crippen LogP contribution in [-0.4, -0.2) is 28.5 Å². The van der Waals surface area contributed by atoms with Gasteiger partial charge in [0.1, 0.15) is 11.9 Å². The molecule has 1 aromatic rings. The number of thioether (sulfide) groups is 1. The number of carbonyl (C=O) groups excluding carboxylic acids is 1. The molecule has 0 bridgehead atoms. The molecular formula is C13H14N4OS. The number of amidine groups is 1. The molecule has 0 fully saturated rings. The summed E-state index contributed by atoms with van der Waals surface area (Å²) < 4.78 is 0. The van der Waals surface area contributed by atoms with Gasteiger partial charge in [0.2, 0.25) is 0 Å². The first-order valence-electron chi connectivity index (χ1n) is 6.15.